The maximum Gasteiger partial charge on any atom is 0.339 e. The van der Waals surface area contributed by atoms with E-state index in [0.717, 1.165) is 16.5 Å². The summed E-state index contributed by atoms with van der Waals surface area (Å²) in [7, 11) is 0. The number of rotatable bonds is 6. The van der Waals surface area contributed by atoms with Crippen molar-refractivity contribution in [2.45, 2.75) is 26.4 Å². The van der Waals surface area contributed by atoms with Gasteiger partial charge in [-0.05, 0) is 68.5 Å². The zero-order valence-electron chi connectivity index (χ0n) is 23.5. The first-order valence-electron chi connectivity index (χ1n) is 14.3. The summed E-state index contributed by atoms with van der Waals surface area (Å²) in [6.07, 6.45) is 4.05. The quantitative estimate of drug-likeness (QED) is 0.101. The number of imide groups is 1. The van der Waals surface area contributed by atoms with Crippen LogP contribution in [0, 0.1) is 30.6 Å². The minimum atomic E-state index is -0.992. The van der Waals surface area contributed by atoms with E-state index in [1.165, 1.54) is 4.90 Å². The van der Waals surface area contributed by atoms with E-state index in [4.69, 9.17) is 9.72 Å². The number of ketones is 1. The van der Waals surface area contributed by atoms with Crippen LogP contribution in [0.25, 0.3) is 22.2 Å². The van der Waals surface area contributed by atoms with Crippen molar-refractivity contribution in [3.8, 4) is 11.3 Å². The summed E-state index contributed by atoms with van der Waals surface area (Å²) in [4.78, 5) is 59.1. The lowest BCUT2D eigenvalue weighted by atomic mass is 9.85. The Morgan fingerprint density at radius 2 is 1.56 bits per heavy atom. The van der Waals surface area contributed by atoms with Gasteiger partial charge in [-0.3, -0.25) is 19.3 Å². The molecule has 1 aromatic heterocycles. The van der Waals surface area contributed by atoms with E-state index in [1.54, 1.807) is 61.5 Å². The molecule has 1 aliphatic heterocycles. The van der Waals surface area contributed by atoms with Gasteiger partial charge in [-0.2, -0.15) is 0 Å². The number of halogens is 1. The number of ether oxygens (including phenoxy) is 1. The average molecular weight is 636 g/mol. The van der Waals surface area contributed by atoms with Crippen LogP contribution in [0.5, 0.6) is 0 Å². The number of esters is 1. The number of aryl methyl sites for hydroxylation is 1. The standard InChI is InChI=1S/C35H27BrN2O5/c1-18-3-5-21(6-4-18)32(39)19(2)43-35(42)27-17-29(37-28-14-11-24(36)16-26(27)28)20-9-12-25(13-10-20)38-33(40)30-22-7-8-23(15-22)31(30)34(38)41/h3-14,16-17,19,22-23,30-31H,15H2,1-2H3/t19-,22-,23-,30-,31-/m0/s1. The summed E-state index contributed by atoms with van der Waals surface area (Å²) in [6.45, 7) is 3.50. The molecule has 2 aliphatic carbocycles. The summed E-state index contributed by atoms with van der Waals surface area (Å²) in [5, 5.41) is 0.581. The second-order valence-corrected chi connectivity index (χ2v) is 12.5. The lowest BCUT2D eigenvalue weighted by molar-refractivity contribution is -0.123. The summed E-state index contributed by atoms with van der Waals surface area (Å²) in [6, 6.07) is 21.3. The van der Waals surface area contributed by atoms with Crippen molar-refractivity contribution in [1.29, 1.82) is 0 Å². The summed E-state index contributed by atoms with van der Waals surface area (Å²) >= 11 is 3.47. The Bertz CT molecular complexity index is 1830. The zero-order chi connectivity index (χ0) is 30.0. The Balaban J connectivity index is 1.18. The zero-order valence-corrected chi connectivity index (χ0v) is 25.1. The molecule has 8 heteroatoms. The molecule has 5 atom stereocenters. The SMILES string of the molecule is Cc1ccc(C(=O)[C@H](C)OC(=O)c2cc(-c3ccc(N4C(=O)[C@@H]5[C@@H](C4=O)[C@H]4C=C[C@H]5C4)cc3)nc3ccc(Br)cc23)cc1. The normalized spacial score (nSPS) is 22.7. The second-order valence-electron chi connectivity index (χ2n) is 11.6. The molecule has 2 amide bonds. The third-order valence-corrected chi connectivity index (χ3v) is 9.36. The molecule has 0 radical (unpaired) electrons. The molecule has 214 valence electrons. The molecule has 0 unspecified atom stereocenters. The van der Waals surface area contributed by atoms with Gasteiger partial charge in [0.2, 0.25) is 17.6 Å². The van der Waals surface area contributed by atoms with Gasteiger partial charge in [0.25, 0.3) is 0 Å². The molecule has 1 saturated heterocycles. The Hall–Kier alpha value is -4.43. The molecule has 2 bridgehead atoms. The van der Waals surface area contributed by atoms with E-state index in [9.17, 15) is 19.2 Å². The van der Waals surface area contributed by atoms with Crippen molar-refractivity contribution in [3.05, 3.63) is 106 Å². The van der Waals surface area contributed by atoms with Crippen molar-refractivity contribution < 1.29 is 23.9 Å². The number of carbonyl (C=O) groups is 4. The van der Waals surface area contributed by atoms with Gasteiger partial charge in [0.05, 0.1) is 34.3 Å². The van der Waals surface area contributed by atoms with E-state index >= 15 is 0 Å². The summed E-state index contributed by atoms with van der Waals surface area (Å²) in [5.74, 6) is -1.44. The number of pyridine rings is 1. The number of hydrogen-bond donors (Lipinski definition) is 0. The van der Waals surface area contributed by atoms with Crippen molar-refractivity contribution in [3.63, 3.8) is 0 Å². The minimum absolute atomic E-state index is 0.131. The minimum Gasteiger partial charge on any atom is -0.451 e. The molecule has 3 aromatic carbocycles. The topological polar surface area (TPSA) is 93.6 Å². The number of anilines is 1. The number of hydrogen-bond acceptors (Lipinski definition) is 6. The Morgan fingerprint density at radius 1 is 0.907 bits per heavy atom. The molecule has 7 rings (SSSR count). The van der Waals surface area contributed by atoms with E-state index in [2.05, 4.69) is 28.1 Å². The fraction of sp³-hybridized carbons (Fsp3) is 0.229. The number of carbonyl (C=O) groups excluding carboxylic acids is 4. The highest BCUT2D eigenvalue weighted by Gasteiger charge is 2.59. The third kappa shape index (κ3) is 4.61. The van der Waals surface area contributed by atoms with Crippen molar-refractivity contribution in [2.75, 3.05) is 4.90 Å². The van der Waals surface area contributed by atoms with Gasteiger partial charge in [0.15, 0.2) is 6.10 Å². The van der Waals surface area contributed by atoms with Crippen molar-refractivity contribution >= 4 is 56.1 Å². The monoisotopic (exact) mass is 634 g/mol. The molecular weight excluding hydrogens is 608 g/mol. The van der Waals surface area contributed by atoms with Gasteiger partial charge >= 0.3 is 5.97 Å². The number of nitrogens with zero attached hydrogens (tertiary/aromatic N) is 2. The maximum atomic E-state index is 13.5. The van der Waals surface area contributed by atoms with Crippen molar-refractivity contribution in [1.82, 2.24) is 4.98 Å². The van der Waals surface area contributed by atoms with Gasteiger partial charge < -0.3 is 4.74 Å². The van der Waals surface area contributed by atoms with Gasteiger partial charge in [-0.1, -0.05) is 70.0 Å². The van der Waals surface area contributed by atoms with Crippen LogP contribution in [-0.2, 0) is 14.3 Å². The van der Waals surface area contributed by atoms with Crippen molar-refractivity contribution in [2.24, 2.45) is 23.7 Å². The van der Waals surface area contributed by atoms with Crippen LogP contribution in [0.3, 0.4) is 0 Å². The molecule has 2 fully saturated rings. The molecule has 2 heterocycles. The second kappa shape index (κ2) is 10.4. The highest BCUT2D eigenvalue weighted by Crippen LogP contribution is 2.53. The van der Waals surface area contributed by atoms with Gasteiger partial charge in [0.1, 0.15) is 0 Å². The summed E-state index contributed by atoms with van der Waals surface area (Å²) < 4.78 is 6.44. The van der Waals surface area contributed by atoms with Gasteiger partial charge in [-0.25, -0.2) is 9.78 Å². The molecule has 43 heavy (non-hydrogen) atoms. The fourth-order valence-electron chi connectivity index (χ4n) is 6.68. The number of fused-ring (bicyclic) bond motifs is 6. The molecule has 7 nitrogen and oxygen atoms in total. The van der Waals surface area contributed by atoms with Gasteiger partial charge in [0, 0.05) is 21.0 Å². The van der Waals surface area contributed by atoms with Crippen LogP contribution >= 0.6 is 15.9 Å². The predicted octanol–water partition coefficient (Wildman–Crippen LogP) is 6.71. The van der Waals surface area contributed by atoms with E-state index in [-0.39, 0.29) is 46.8 Å². The molecule has 0 spiro atoms. The average Bonchev–Trinajstić information content (AvgIpc) is 3.70. The lowest BCUT2D eigenvalue weighted by Gasteiger charge is -2.18. The molecule has 4 aromatic rings. The molecule has 3 aliphatic rings. The molecular formula is C35H27BrN2O5. The maximum absolute atomic E-state index is 13.5. The number of aromatic nitrogens is 1. The largest absolute Gasteiger partial charge is 0.451 e. The fourth-order valence-corrected chi connectivity index (χ4v) is 7.04. The Labute approximate surface area is 256 Å². The van der Waals surface area contributed by atoms with Gasteiger partial charge in [-0.15, -0.1) is 0 Å². The predicted molar refractivity (Wildman–Crippen MR) is 165 cm³/mol. The first-order chi connectivity index (χ1) is 20.7. The molecule has 1 saturated carbocycles. The van der Waals surface area contributed by atoms with Crippen LogP contribution in [-0.4, -0.2) is 34.7 Å². The van der Waals surface area contributed by atoms with Crippen LogP contribution in [0.4, 0.5) is 5.69 Å². The van der Waals surface area contributed by atoms with Crippen LogP contribution in [0.1, 0.15) is 39.6 Å². The first-order valence-corrected chi connectivity index (χ1v) is 15.1. The van der Waals surface area contributed by atoms with Crippen LogP contribution < -0.4 is 4.90 Å². The smallest absolute Gasteiger partial charge is 0.339 e. The number of benzene rings is 3. The van der Waals surface area contributed by atoms with E-state index < -0.39 is 12.1 Å². The lowest BCUT2D eigenvalue weighted by Crippen LogP contribution is -2.32. The van der Waals surface area contributed by atoms with E-state index in [1.807, 2.05) is 25.1 Å². The summed E-state index contributed by atoms with van der Waals surface area (Å²) in [5.41, 5.74) is 4.10. The Morgan fingerprint density at radius 3 is 2.21 bits per heavy atom. The highest BCUT2D eigenvalue weighted by atomic mass is 79.9. The highest BCUT2D eigenvalue weighted by molar-refractivity contribution is 9.10. The molecule has 0 N–H and O–H groups in total. The van der Waals surface area contributed by atoms with E-state index in [0.29, 0.717) is 33.4 Å². The number of amides is 2. The number of allylic oxidation sites excluding steroid dienone is 2. The Kier molecular flexibility index (Phi) is 6.62. The number of Topliss-reactive ketones (excluding diaryl/α,β-unsaturated/α-hetero) is 1. The third-order valence-electron chi connectivity index (χ3n) is 8.87. The van der Waals surface area contributed by atoms with Crippen LogP contribution in [0.15, 0.2) is 89.4 Å². The first kappa shape index (κ1) is 27.4. The van der Waals surface area contributed by atoms with Crippen LogP contribution in [0.2, 0.25) is 0 Å².